The first kappa shape index (κ1) is 23.1. The number of ether oxygens (including phenoxy) is 1. The summed E-state index contributed by atoms with van der Waals surface area (Å²) < 4.78 is 45.2. The van der Waals surface area contributed by atoms with E-state index in [1.807, 2.05) is 31.2 Å². The monoisotopic (exact) mass is 457 g/mol. The highest BCUT2D eigenvalue weighted by Gasteiger charge is 2.25. The quantitative estimate of drug-likeness (QED) is 0.511. The van der Waals surface area contributed by atoms with Crippen molar-refractivity contribution in [1.29, 1.82) is 0 Å². The van der Waals surface area contributed by atoms with Crippen LogP contribution in [0.2, 0.25) is 0 Å². The summed E-state index contributed by atoms with van der Waals surface area (Å²) >= 11 is 0. The van der Waals surface area contributed by atoms with Gasteiger partial charge in [0, 0.05) is 5.69 Å². The van der Waals surface area contributed by atoms with Crippen LogP contribution in [0.1, 0.15) is 5.56 Å². The number of hydrogen-bond donors (Lipinski definition) is 2. The molecule has 0 aliphatic carbocycles. The van der Waals surface area contributed by atoms with Crippen LogP contribution in [0.3, 0.4) is 0 Å². The van der Waals surface area contributed by atoms with Crippen molar-refractivity contribution in [3.05, 3.63) is 84.2 Å². The molecule has 0 aliphatic heterocycles. The van der Waals surface area contributed by atoms with E-state index < -0.39 is 27.8 Å². The summed E-state index contributed by atoms with van der Waals surface area (Å²) in [5.74, 6) is -0.101. The third kappa shape index (κ3) is 6.21. The Hall–Kier alpha value is -3.59. The smallest absolute Gasteiger partial charge is 0.241 e. The standard InChI is InChI=1S/C23H24FN3O4S/c1-16-6-10-20(11-7-16)31-21-12-8-19(9-13-21)27(32(2,29)30)15-22(23(25)28)26-18-5-3-4-17(24)14-18/h3-14,22,26H,15H2,1-2H3,(H2,25,28)/t22-/m0/s1. The van der Waals surface area contributed by atoms with Crippen molar-refractivity contribution in [2.45, 2.75) is 13.0 Å². The number of carbonyl (C=O) groups excluding carboxylic acids is 1. The van der Waals surface area contributed by atoms with E-state index >= 15 is 0 Å². The third-order valence-electron chi connectivity index (χ3n) is 4.64. The van der Waals surface area contributed by atoms with Crippen LogP contribution in [-0.2, 0) is 14.8 Å². The van der Waals surface area contributed by atoms with Crippen LogP contribution < -0.4 is 20.1 Å². The minimum Gasteiger partial charge on any atom is -0.457 e. The Labute approximate surface area is 186 Å². The summed E-state index contributed by atoms with van der Waals surface area (Å²) in [6.07, 6.45) is 1.03. The van der Waals surface area contributed by atoms with Gasteiger partial charge in [0.25, 0.3) is 0 Å². The van der Waals surface area contributed by atoms with Crippen LogP contribution in [0.15, 0.2) is 72.8 Å². The van der Waals surface area contributed by atoms with E-state index in [4.69, 9.17) is 10.5 Å². The lowest BCUT2D eigenvalue weighted by Crippen LogP contribution is -2.47. The van der Waals surface area contributed by atoms with Gasteiger partial charge in [-0.05, 0) is 61.5 Å². The molecule has 0 saturated carbocycles. The number of aryl methyl sites for hydroxylation is 1. The molecule has 0 aromatic heterocycles. The molecule has 168 valence electrons. The molecule has 0 fully saturated rings. The first-order chi connectivity index (χ1) is 15.1. The molecule has 0 aliphatic rings. The van der Waals surface area contributed by atoms with E-state index in [9.17, 15) is 17.6 Å². The average Bonchev–Trinajstić information content (AvgIpc) is 2.72. The molecule has 3 aromatic rings. The van der Waals surface area contributed by atoms with Gasteiger partial charge >= 0.3 is 0 Å². The molecular formula is C23H24FN3O4S. The van der Waals surface area contributed by atoms with E-state index in [2.05, 4.69) is 5.32 Å². The Morgan fingerprint density at radius 1 is 1.06 bits per heavy atom. The summed E-state index contributed by atoms with van der Waals surface area (Å²) in [4.78, 5) is 12.0. The summed E-state index contributed by atoms with van der Waals surface area (Å²) in [5.41, 5.74) is 7.22. The highest BCUT2D eigenvalue weighted by Crippen LogP contribution is 2.26. The van der Waals surface area contributed by atoms with Crippen molar-refractivity contribution in [3.63, 3.8) is 0 Å². The molecule has 0 spiro atoms. The fraction of sp³-hybridized carbons (Fsp3) is 0.174. The summed E-state index contributed by atoms with van der Waals surface area (Å²) in [7, 11) is -3.75. The van der Waals surface area contributed by atoms with Gasteiger partial charge in [0.1, 0.15) is 23.4 Å². The number of halogens is 1. The summed E-state index contributed by atoms with van der Waals surface area (Å²) in [5, 5.41) is 2.79. The maximum absolute atomic E-state index is 13.5. The minimum atomic E-state index is -3.75. The zero-order valence-electron chi connectivity index (χ0n) is 17.7. The van der Waals surface area contributed by atoms with Crippen molar-refractivity contribution in [2.75, 3.05) is 22.4 Å². The molecule has 1 atom stereocenters. The number of benzene rings is 3. The predicted octanol–water partition coefficient (Wildman–Crippen LogP) is 3.66. The van der Waals surface area contributed by atoms with Crippen molar-refractivity contribution in [3.8, 4) is 11.5 Å². The molecule has 3 aromatic carbocycles. The Morgan fingerprint density at radius 3 is 2.19 bits per heavy atom. The van der Waals surface area contributed by atoms with Crippen LogP contribution >= 0.6 is 0 Å². The molecule has 3 rings (SSSR count). The zero-order chi connectivity index (χ0) is 23.3. The predicted molar refractivity (Wildman–Crippen MR) is 123 cm³/mol. The number of amides is 1. The normalized spacial score (nSPS) is 12.1. The Bertz CT molecular complexity index is 1180. The molecule has 32 heavy (non-hydrogen) atoms. The van der Waals surface area contributed by atoms with Gasteiger partial charge in [-0.25, -0.2) is 12.8 Å². The van der Waals surface area contributed by atoms with Gasteiger partial charge in [-0.1, -0.05) is 23.8 Å². The van der Waals surface area contributed by atoms with Gasteiger partial charge < -0.3 is 15.8 Å². The largest absolute Gasteiger partial charge is 0.457 e. The van der Waals surface area contributed by atoms with Gasteiger partial charge in [-0.3, -0.25) is 9.10 Å². The highest BCUT2D eigenvalue weighted by molar-refractivity contribution is 7.92. The fourth-order valence-corrected chi connectivity index (χ4v) is 3.93. The molecule has 0 saturated heterocycles. The van der Waals surface area contributed by atoms with Crippen molar-refractivity contribution in [1.82, 2.24) is 0 Å². The van der Waals surface area contributed by atoms with Gasteiger partial charge in [0.05, 0.1) is 18.5 Å². The lowest BCUT2D eigenvalue weighted by Gasteiger charge is -2.27. The number of sulfonamides is 1. The minimum absolute atomic E-state index is 0.275. The van der Waals surface area contributed by atoms with Gasteiger partial charge in [-0.15, -0.1) is 0 Å². The Balaban J connectivity index is 1.80. The number of anilines is 2. The maximum atomic E-state index is 13.5. The first-order valence-electron chi connectivity index (χ1n) is 9.75. The lowest BCUT2D eigenvalue weighted by atomic mass is 10.2. The second kappa shape index (κ2) is 9.69. The first-order valence-corrected chi connectivity index (χ1v) is 11.6. The molecule has 1 amide bonds. The Morgan fingerprint density at radius 2 is 1.66 bits per heavy atom. The Kier molecular flexibility index (Phi) is 6.99. The molecular weight excluding hydrogens is 433 g/mol. The molecule has 7 nitrogen and oxygen atoms in total. The molecule has 9 heteroatoms. The van der Waals surface area contributed by atoms with Gasteiger partial charge in [0.2, 0.25) is 15.9 Å². The molecule has 3 N–H and O–H groups in total. The fourth-order valence-electron chi connectivity index (χ4n) is 3.01. The van der Waals surface area contributed by atoms with Gasteiger partial charge in [0.15, 0.2) is 0 Å². The van der Waals surface area contributed by atoms with Crippen molar-refractivity contribution in [2.24, 2.45) is 5.73 Å². The van der Waals surface area contributed by atoms with E-state index in [1.165, 1.54) is 18.2 Å². The number of nitrogens with two attached hydrogens (primary N) is 1. The van der Waals surface area contributed by atoms with Crippen LogP contribution in [0.5, 0.6) is 11.5 Å². The maximum Gasteiger partial charge on any atom is 0.241 e. The van der Waals surface area contributed by atoms with Crippen LogP contribution in [0.4, 0.5) is 15.8 Å². The molecule has 0 bridgehead atoms. The van der Waals surface area contributed by atoms with Crippen LogP contribution in [0, 0.1) is 12.7 Å². The molecule has 0 heterocycles. The number of nitrogens with zero attached hydrogens (tertiary/aromatic N) is 1. The number of carbonyl (C=O) groups is 1. The zero-order valence-corrected chi connectivity index (χ0v) is 18.5. The number of hydrogen-bond acceptors (Lipinski definition) is 5. The van der Waals surface area contributed by atoms with Crippen molar-refractivity contribution < 1.29 is 22.3 Å². The van der Waals surface area contributed by atoms with E-state index in [0.29, 0.717) is 22.9 Å². The number of nitrogens with one attached hydrogen (secondary N) is 1. The second-order valence-electron chi connectivity index (χ2n) is 7.31. The third-order valence-corrected chi connectivity index (χ3v) is 5.80. The summed E-state index contributed by atoms with van der Waals surface area (Å²) in [6, 6.07) is 18.3. The van der Waals surface area contributed by atoms with E-state index in [1.54, 1.807) is 30.3 Å². The topological polar surface area (TPSA) is 102 Å². The highest BCUT2D eigenvalue weighted by atomic mass is 32.2. The number of primary amides is 1. The molecule has 0 unspecified atom stereocenters. The number of rotatable bonds is 9. The SMILES string of the molecule is Cc1ccc(Oc2ccc(N(C[C@H](Nc3cccc(F)c3)C(N)=O)S(C)(=O)=O)cc2)cc1. The van der Waals surface area contributed by atoms with Crippen LogP contribution in [0.25, 0.3) is 0 Å². The lowest BCUT2D eigenvalue weighted by molar-refractivity contribution is -0.118. The van der Waals surface area contributed by atoms with E-state index in [-0.39, 0.29) is 6.54 Å². The average molecular weight is 458 g/mol. The van der Waals surface area contributed by atoms with Crippen LogP contribution in [-0.4, -0.2) is 33.2 Å². The van der Waals surface area contributed by atoms with Crippen molar-refractivity contribution >= 4 is 27.3 Å². The second-order valence-corrected chi connectivity index (χ2v) is 9.22. The van der Waals surface area contributed by atoms with E-state index in [0.717, 1.165) is 16.1 Å². The van der Waals surface area contributed by atoms with Gasteiger partial charge in [-0.2, -0.15) is 0 Å². The summed E-state index contributed by atoms with van der Waals surface area (Å²) in [6.45, 7) is 1.70. The molecule has 0 radical (unpaired) electrons.